The zero-order valence-corrected chi connectivity index (χ0v) is 11.2. The molecule has 5 nitrogen and oxygen atoms in total. The van der Waals surface area contributed by atoms with Crippen LogP contribution in [0.25, 0.3) is 5.69 Å². The number of nitrogens with one attached hydrogen (secondary N) is 1. The van der Waals surface area contributed by atoms with Crippen LogP contribution in [0.3, 0.4) is 0 Å². The number of piperidine rings is 1. The van der Waals surface area contributed by atoms with Gasteiger partial charge in [0.15, 0.2) is 0 Å². The molecule has 0 spiro atoms. The third-order valence-corrected chi connectivity index (χ3v) is 3.64. The molecule has 0 aliphatic carbocycles. The quantitative estimate of drug-likeness (QED) is 0.910. The molecule has 2 aromatic rings. The molecule has 1 saturated heterocycles. The summed E-state index contributed by atoms with van der Waals surface area (Å²) >= 11 is 0. The van der Waals surface area contributed by atoms with Gasteiger partial charge in [0.1, 0.15) is 12.7 Å². The first-order valence-corrected chi connectivity index (χ1v) is 6.71. The van der Waals surface area contributed by atoms with Crippen molar-refractivity contribution in [3.8, 4) is 5.69 Å². The van der Waals surface area contributed by atoms with E-state index in [1.54, 1.807) is 17.3 Å². The van der Waals surface area contributed by atoms with Crippen LogP contribution in [0.4, 0.5) is 5.69 Å². The molecule has 5 heteroatoms. The third-order valence-electron chi connectivity index (χ3n) is 3.64. The Hall–Kier alpha value is -1.88. The summed E-state index contributed by atoms with van der Waals surface area (Å²) < 4.78 is 1.76. The molecule has 1 fully saturated rings. The van der Waals surface area contributed by atoms with Crippen LogP contribution in [0.1, 0.15) is 12.8 Å². The summed E-state index contributed by atoms with van der Waals surface area (Å²) in [6.45, 7) is 2.35. The Balaban J connectivity index is 1.63. The Labute approximate surface area is 113 Å². The number of hydrogen-bond donors (Lipinski definition) is 1. The number of likely N-dealkylation sites (tertiary alicyclic amines) is 1. The molecule has 0 bridgehead atoms. The van der Waals surface area contributed by atoms with Crippen LogP contribution in [0.5, 0.6) is 0 Å². The largest absolute Gasteiger partial charge is 0.382 e. The van der Waals surface area contributed by atoms with Crippen LogP contribution in [0, 0.1) is 0 Å². The Morgan fingerprint density at radius 1 is 1.16 bits per heavy atom. The molecule has 0 unspecified atom stereocenters. The summed E-state index contributed by atoms with van der Waals surface area (Å²) in [7, 11) is 2.18. The van der Waals surface area contributed by atoms with Crippen LogP contribution in [-0.4, -0.2) is 45.8 Å². The van der Waals surface area contributed by atoms with Gasteiger partial charge in [0.2, 0.25) is 0 Å². The van der Waals surface area contributed by atoms with E-state index in [1.165, 1.54) is 31.6 Å². The van der Waals surface area contributed by atoms with E-state index in [-0.39, 0.29) is 0 Å². The number of hydrogen-bond acceptors (Lipinski definition) is 4. The van der Waals surface area contributed by atoms with Crippen molar-refractivity contribution in [3.05, 3.63) is 36.9 Å². The number of anilines is 1. The molecule has 0 atom stereocenters. The van der Waals surface area contributed by atoms with E-state index < -0.39 is 0 Å². The van der Waals surface area contributed by atoms with Gasteiger partial charge in [0.05, 0.1) is 5.69 Å². The molecule has 0 amide bonds. The first-order valence-electron chi connectivity index (χ1n) is 6.71. The molecule has 1 aliphatic rings. The fraction of sp³-hybridized carbons (Fsp3) is 0.429. The lowest BCUT2D eigenvalue weighted by Gasteiger charge is -2.30. The van der Waals surface area contributed by atoms with Crippen molar-refractivity contribution in [2.75, 3.05) is 25.5 Å². The Bertz CT molecular complexity index is 497. The number of rotatable bonds is 3. The normalized spacial score (nSPS) is 17.5. The smallest absolute Gasteiger partial charge is 0.138 e. The SMILES string of the molecule is CN1CCC(Nc2ccc(-n3cncn3)cc2)CC1. The molecule has 1 aromatic carbocycles. The lowest BCUT2D eigenvalue weighted by molar-refractivity contribution is 0.264. The first kappa shape index (κ1) is 12.2. The van der Waals surface area contributed by atoms with E-state index in [1.807, 2.05) is 0 Å². The molecule has 1 aromatic heterocycles. The van der Waals surface area contributed by atoms with Crippen molar-refractivity contribution in [1.82, 2.24) is 19.7 Å². The topological polar surface area (TPSA) is 46.0 Å². The van der Waals surface area contributed by atoms with Crippen LogP contribution in [0.2, 0.25) is 0 Å². The predicted octanol–water partition coefficient (Wildman–Crippen LogP) is 1.77. The van der Waals surface area contributed by atoms with E-state index in [0.717, 1.165) is 5.69 Å². The fourth-order valence-corrected chi connectivity index (χ4v) is 2.44. The van der Waals surface area contributed by atoms with Crippen molar-refractivity contribution < 1.29 is 0 Å². The Morgan fingerprint density at radius 2 is 1.89 bits per heavy atom. The second-order valence-corrected chi connectivity index (χ2v) is 5.11. The highest BCUT2D eigenvalue weighted by Crippen LogP contribution is 2.17. The fourth-order valence-electron chi connectivity index (χ4n) is 2.44. The van der Waals surface area contributed by atoms with E-state index in [9.17, 15) is 0 Å². The maximum absolute atomic E-state index is 4.12. The maximum Gasteiger partial charge on any atom is 0.138 e. The average Bonchev–Trinajstić information content (AvgIpc) is 2.96. The van der Waals surface area contributed by atoms with Crippen molar-refractivity contribution in [3.63, 3.8) is 0 Å². The monoisotopic (exact) mass is 257 g/mol. The summed E-state index contributed by atoms with van der Waals surface area (Å²) in [6.07, 6.45) is 5.67. The first-order chi connectivity index (χ1) is 9.31. The van der Waals surface area contributed by atoms with E-state index >= 15 is 0 Å². The van der Waals surface area contributed by atoms with Crippen molar-refractivity contribution in [1.29, 1.82) is 0 Å². The molecule has 1 aliphatic heterocycles. The van der Waals surface area contributed by atoms with Gasteiger partial charge in [-0.2, -0.15) is 5.10 Å². The molecule has 3 rings (SSSR count). The van der Waals surface area contributed by atoms with Crippen LogP contribution >= 0.6 is 0 Å². The van der Waals surface area contributed by atoms with Crippen molar-refractivity contribution in [2.45, 2.75) is 18.9 Å². The predicted molar refractivity (Wildman–Crippen MR) is 75.5 cm³/mol. The minimum absolute atomic E-state index is 0.591. The molecule has 2 heterocycles. The molecule has 1 N–H and O–H groups in total. The van der Waals surface area contributed by atoms with Gasteiger partial charge in [-0.1, -0.05) is 0 Å². The second kappa shape index (κ2) is 5.40. The zero-order valence-electron chi connectivity index (χ0n) is 11.2. The van der Waals surface area contributed by atoms with E-state index in [2.05, 4.69) is 51.6 Å². The van der Waals surface area contributed by atoms with Crippen molar-refractivity contribution >= 4 is 5.69 Å². The highest BCUT2D eigenvalue weighted by atomic mass is 15.3. The van der Waals surface area contributed by atoms with Gasteiger partial charge in [-0.25, -0.2) is 9.67 Å². The minimum Gasteiger partial charge on any atom is -0.382 e. The Morgan fingerprint density at radius 3 is 2.53 bits per heavy atom. The minimum atomic E-state index is 0.591. The lowest BCUT2D eigenvalue weighted by atomic mass is 10.1. The summed E-state index contributed by atoms with van der Waals surface area (Å²) in [6, 6.07) is 8.93. The molecular weight excluding hydrogens is 238 g/mol. The van der Waals surface area contributed by atoms with Crippen LogP contribution in [0.15, 0.2) is 36.9 Å². The highest BCUT2D eigenvalue weighted by Gasteiger charge is 2.15. The van der Waals surface area contributed by atoms with E-state index in [0.29, 0.717) is 6.04 Å². The summed E-state index contributed by atoms with van der Waals surface area (Å²) in [5.74, 6) is 0. The average molecular weight is 257 g/mol. The zero-order chi connectivity index (χ0) is 13.1. The van der Waals surface area contributed by atoms with E-state index in [4.69, 9.17) is 0 Å². The van der Waals surface area contributed by atoms with Crippen LogP contribution < -0.4 is 5.32 Å². The van der Waals surface area contributed by atoms with Gasteiger partial charge in [0.25, 0.3) is 0 Å². The van der Waals surface area contributed by atoms with Gasteiger partial charge in [0, 0.05) is 11.7 Å². The standard InChI is InChI=1S/C14H19N5/c1-18-8-6-13(7-9-18)17-12-2-4-14(5-3-12)19-11-15-10-16-19/h2-5,10-11,13,17H,6-9H2,1H3. The van der Waals surface area contributed by atoms with Gasteiger partial charge in [-0.3, -0.25) is 0 Å². The van der Waals surface area contributed by atoms with Gasteiger partial charge in [-0.15, -0.1) is 0 Å². The van der Waals surface area contributed by atoms with Gasteiger partial charge in [-0.05, 0) is 57.2 Å². The number of benzene rings is 1. The van der Waals surface area contributed by atoms with Gasteiger partial charge < -0.3 is 10.2 Å². The molecule has 0 radical (unpaired) electrons. The summed E-state index contributed by atoms with van der Waals surface area (Å²) in [5.41, 5.74) is 2.21. The van der Waals surface area contributed by atoms with Gasteiger partial charge >= 0.3 is 0 Å². The molecule has 19 heavy (non-hydrogen) atoms. The number of nitrogens with zero attached hydrogens (tertiary/aromatic N) is 4. The molecule has 0 saturated carbocycles. The maximum atomic E-state index is 4.12. The van der Waals surface area contributed by atoms with Crippen molar-refractivity contribution in [2.24, 2.45) is 0 Å². The summed E-state index contributed by atoms with van der Waals surface area (Å²) in [4.78, 5) is 6.33. The van der Waals surface area contributed by atoms with Crippen LogP contribution in [-0.2, 0) is 0 Å². The molecule has 100 valence electrons. The lowest BCUT2D eigenvalue weighted by Crippen LogP contribution is -2.36. The summed E-state index contributed by atoms with van der Waals surface area (Å²) in [5, 5.41) is 7.72. The third kappa shape index (κ3) is 2.93. The second-order valence-electron chi connectivity index (χ2n) is 5.11. The molecular formula is C14H19N5. The highest BCUT2D eigenvalue weighted by molar-refractivity contribution is 5.49. The Kier molecular flexibility index (Phi) is 3.46. The number of aromatic nitrogens is 3.